The third-order valence-electron chi connectivity index (χ3n) is 5.83. The molecular formula is C21H29NSSi. The van der Waals surface area contributed by atoms with E-state index in [0.29, 0.717) is 17.8 Å². The van der Waals surface area contributed by atoms with Gasteiger partial charge < -0.3 is 4.98 Å². The second-order valence-electron chi connectivity index (χ2n) is 9.19. The summed E-state index contributed by atoms with van der Waals surface area (Å²) in [7, 11) is -1.59. The van der Waals surface area contributed by atoms with Crippen LogP contribution in [0.25, 0.3) is 0 Å². The van der Waals surface area contributed by atoms with Crippen molar-refractivity contribution in [2.45, 2.75) is 61.0 Å². The molecule has 4 rings (SSSR count). The number of fused-ring (bicyclic) bond motifs is 5. The maximum atomic E-state index is 4.08. The van der Waals surface area contributed by atoms with Gasteiger partial charge in [-0.2, -0.15) is 0 Å². The molecule has 0 saturated heterocycles. The minimum Gasteiger partial charge on any atom is -0.332 e. The Labute approximate surface area is 152 Å². The first-order chi connectivity index (χ1) is 11.3. The summed E-state index contributed by atoms with van der Waals surface area (Å²) < 4.78 is 0. The Hall–Kier alpha value is -0.773. The standard InChI is InChI=1S/C21H29NSSi/c1-21(2,3)22-24(4,5)20-15-11-7-6-10-14(15)18-16-12-8-9-13-17(16)23-19(18)20/h6-15,18-20,22H,1-5H3/t14?,15-,18?,19?,20?/m1/s1. The van der Waals surface area contributed by atoms with Gasteiger partial charge in [0.2, 0.25) is 0 Å². The quantitative estimate of drug-likeness (QED) is 0.695. The van der Waals surface area contributed by atoms with E-state index >= 15 is 0 Å². The van der Waals surface area contributed by atoms with E-state index in [4.69, 9.17) is 0 Å². The van der Waals surface area contributed by atoms with Crippen molar-refractivity contribution in [3.8, 4) is 0 Å². The second kappa shape index (κ2) is 5.62. The molecule has 1 heterocycles. The predicted octanol–water partition coefficient (Wildman–Crippen LogP) is 5.58. The summed E-state index contributed by atoms with van der Waals surface area (Å²) in [5.41, 5.74) is 2.56. The van der Waals surface area contributed by atoms with Crippen molar-refractivity contribution in [3.05, 3.63) is 54.1 Å². The normalized spacial score (nSPS) is 34.1. The fraction of sp³-hybridized carbons (Fsp3) is 0.524. The molecule has 5 atom stereocenters. The van der Waals surface area contributed by atoms with Crippen LogP contribution < -0.4 is 4.98 Å². The van der Waals surface area contributed by atoms with Crippen LogP contribution in [0, 0.1) is 11.8 Å². The lowest BCUT2D eigenvalue weighted by Crippen LogP contribution is -2.59. The molecular weight excluding hydrogens is 326 g/mol. The van der Waals surface area contributed by atoms with E-state index in [9.17, 15) is 0 Å². The van der Waals surface area contributed by atoms with E-state index in [-0.39, 0.29) is 5.54 Å². The molecule has 1 saturated carbocycles. The summed E-state index contributed by atoms with van der Waals surface area (Å²) in [6, 6.07) is 9.14. The molecule has 3 heteroatoms. The van der Waals surface area contributed by atoms with Crippen LogP contribution >= 0.6 is 11.8 Å². The van der Waals surface area contributed by atoms with Crippen LogP contribution in [0.15, 0.2) is 53.5 Å². The Kier molecular flexibility index (Phi) is 3.90. The van der Waals surface area contributed by atoms with Gasteiger partial charge in [-0.1, -0.05) is 55.6 Å². The molecule has 2 aliphatic carbocycles. The molecule has 0 bridgehead atoms. The van der Waals surface area contributed by atoms with Gasteiger partial charge in [0.25, 0.3) is 0 Å². The van der Waals surface area contributed by atoms with E-state index in [1.807, 2.05) is 0 Å². The highest BCUT2D eigenvalue weighted by atomic mass is 32.2. The van der Waals surface area contributed by atoms with Gasteiger partial charge in [-0.25, -0.2) is 0 Å². The summed E-state index contributed by atoms with van der Waals surface area (Å²) in [6.07, 6.45) is 9.56. The molecule has 0 amide bonds. The van der Waals surface area contributed by atoms with Gasteiger partial charge >= 0.3 is 0 Å². The Morgan fingerprint density at radius 2 is 1.67 bits per heavy atom. The monoisotopic (exact) mass is 355 g/mol. The maximum Gasteiger partial charge on any atom is 0.124 e. The number of benzene rings is 1. The third kappa shape index (κ3) is 2.65. The Bertz CT molecular complexity index is 700. The Morgan fingerprint density at radius 1 is 1.00 bits per heavy atom. The van der Waals surface area contributed by atoms with Gasteiger partial charge in [-0.3, -0.25) is 0 Å². The molecule has 0 radical (unpaired) electrons. The van der Waals surface area contributed by atoms with Crippen molar-refractivity contribution < 1.29 is 0 Å². The molecule has 128 valence electrons. The molecule has 3 aliphatic rings. The molecule has 24 heavy (non-hydrogen) atoms. The zero-order valence-electron chi connectivity index (χ0n) is 15.4. The highest BCUT2D eigenvalue weighted by molar-refractivity contribution is 8.00. The first kappa shape index (κ1) is 16.7. The third-order valence-corrected chi connectivity index (χ3v) is 11.4. The predicted molar refractivity (Wildman–Crippen MR) is 108 cm³/mol. The van der Waals surface area contributed by atoms with Crippen molar-refractivity contribution in [2.75, 3.05) is 0 Å². The maximum absolute atomic E-state index is 4.08. The number of hydrogen-bond acceptors (Lipinski definition) is 2. The molecule has 1 aliphatic heterocycles. The fourth-order valence-electron chi connectivity index (χ4n) is 5.50. The average Bonchev–Trinajstić information content (AvgIpc) is 2.98. The number of nitrogens with one attached hydrogen (secondary N) is 1. The number of hydrogen-bond donors (Lipinski definition) is 1. The first-order valence-corrected chi connectivity index (χ1v) is 13.1. The molecule has 1 aromatic carbocycles. The topological polar surface area (TPSA) is 12.0 Å². The van der Waals surface area contributed by atoms with Crippen LogP contribution in [-0.4, -0.2) is 19.0 Å². The lowest BCUT2D eigenvalue weighted by Gasteiger charge is -2.42. The van der Waals surface area contributed by atoms with Crippen LogP contribution in [0.2, 0.25) is 18.6 Å². The van der Waals surface area contributed by atoms with Crippen LogP contribution in [0.1, 0.15) is 32.3 Å². The molecule has 0 aromatic heterocycles. The molecule has 4 unspecified atom stereocenters. The summed E-state index contributed by atoms with van der Waals surface area (Å²) in [5, 5.41) is 0.723. The van der Waals surface area contributed by atoms with Crippen molar-refractivity contribution in [3.63, 3.8) is 0 Å². The van der Waals surface area contributed by atoms with Crippen molar-refractivity contribution >= 4 is 20.0 Å². The van der Waals surface area contributed by atoms with Crippen molar-refractivity contribution in [1.29, 1.82) is 0 Å². The molecule has 1 aromatic rings. The minimum atomic E-state index is -1.59. The zero-order chi connectivity index (χ0) is 17.1. The highest BCUT2D eigenvalue weighted by Crippen LogP contribution is 2.65. The summed E-state index contributed by atoms with van der Waals surface area (Å²) in [5.74, 6) is 2.06. The SMILES string of the molecule is CC(C)(C)N[Si](C)(C)C1C2Sc3ccccc3C2C2C=CC=C[C@H]21. The lowest BCUT2D eigenvalue weighted by molar-refractivity contribution is 0.480. The summed E-state index contributed by atoms with van der Waals surface area (Å²) >= 11 is 2.16. The van der Waals surface area contributed by atoms with E-state index in [1.165, 1.54) is 4.90 Å². The fourth-order valence-corrected chi connectivity index (χ4v) is 12.7. The van der Waals surface area contributed by atoms with Gasteiger partial charge in [0.15, 0.2) is 0 Å². The van der Waals surface area contributed by atoms with E-state index < -0.39 is 8.24 Å². The van der Waals surface area contributed by atoms with Crippen LogP contribution in [0.5, 0.6) is 0 Å². The summed E-state index contributed by atoms with van der Waals surface area (Å²) in [6.45, 7) is 12.1. The van der Waals surface area contributed by atoms with Gasteiger partial charge in [0, 0.05) is 21.6 Å². The average molecular weight is 356 g/mol. The highest BCUT2D eigenvalue weighted by Gasteiger charge is 2.58. The Morgan fingerprint density at radius 3 is 2.38 bits per heavy atom. The smallest absolute Gasteiger partial charge is 0.124 e. The minimum absolute atomic E-state index is 0.188. The second-order valence-corrected chi connectivity index (χ2v) is 14.8. The van der Waals surface area contributed by atoms with E-state index in [0.717, 1.165) is 10.8 Å². The number of thioether (sulfide) groups is 1. The Balaban J connectivity index is 1.76. The van der Waals surface area contributed by atoms with Crippen molar-refractivity contribution in [1.82, 2.24) is 4.98 Å². The van der Waals surface area contributed by atoms with Gasteiger partial charge in [0.1, 0.15) is 8.24 Å². The van der Waals surface area contributed by atoms with Crippen LogP contribution in [-0.2, 0) is 0 Å². The van der Waals surface area contributed by atoms with Crippen molar-refractivity contribution in [2.24, 2.45) is 11.8 Å². The first-order valence-electron chi connectivity index (χ1n) is 9.18. The van der Waals surface area contributed by atoms with Gasteiger partial charge in [0.05, 0.1) is 0 Å². The molecule has 1 N–H and O–H groups in total. The van der Waals surface area contributed by atoms with E-state index in [1.54, 1.807) is 5.56 Å². The van der Waals surface area contributed by atoms with Gasteiger partial charge in [-0.15, -0.1) is 11.8 Å². The largest absolute Gasteiger partial charge is 0.332 e. The lowest BCUT2D eigenvalue weighted by atomic mass is 9.83. The molecule has 0 spiro atoms. The molecule has 1 nitrogen and oxygen atoms in total. The van der Waals surface area contributed by atoms with Crippen LogP contribution in [0.4, 0.5) is 0 Å². The van der Waals surface area contributed by atoms with E-state index in [2.05, 4.69) is 99.2 Å². The molecule has 1 fully saturated rings. The van der Waals surface area contributed by atoms with Crippen LogP contribution in [0.3, 0.4) is 0 Å². The van der Waals surface area contributed by atoms with Gasteiger partial charge in [-0.05, 0) is 49.8 Å². The number of rotatable bonds is 2. The number of allylic oxidation sites excluding steroid dienone is 4. The zero-order valence-corrected chi connectivity index (χ0v) is 17.2. The summed E-state index contributed by atoms with van der Waals surface area (Å²) in [4.78, 5) is 5.60.